The lowest BCUT2D eigenvalue weighted by molar-refractivity contribution is -0.113. The van der Waals surface area contributed by atoms with E-state index in [-0.39, 0.29) is 12.5 Å². The molecule has 0 saturated heterocycles. The fourth-order valence-corrected chi connectivity index (χ4v) is 5.46. The largest absolute Gasteiger partial charge is 0.497 e. The molecule has 0 aliphatic carbocycles. The summed E-state index contributed by atoms with van der Waals surface area (Å²) in [5, 5.41) is 0.746. The minimum Gasteiger partial charge on any atom is -0.497 e. The standard InChI is InChI=1S/C31H38N5O7P/c1-8-42-44(38,39)43-21(2)36-20-28(22-11-12-32-29(17-22)41-7)27-16-24(19-33-31(27)36)23-14-25(18-26(15-23)40-6)35(5)30(37)10-9-13-34(3)4/h9-12,14-21H,8,13H2,1-7H3,(H,38,39). The molecule has 4 aromatic rings. The highest BCUT2D eigenvalue weighted by atomic mass is 31.2. The molecule has 234 valence electrons. The number of methoxy groups -OCH3 is 2. The number of likely N-dealkylation sites (N-methyl/N-ethyl adjacent to an activating group) is 2. The van der Waals surface area contributed by atoms with E-state index in [1.54, 1.807) is 74.3 Å². The second-order valence-corrected chi connectivity index (χ2v) is 11.6. The lowest BCUT2D eigenvalue weighted by atomic mass is 10.0. The number of amides is 1. The molecule has 12 nitrogen and oxygen atoms in total. The predicted octanol–water partition coefficient (Wildman–Crippen LogP) is 5.54. The summed E-state index contributed by atoms with van der Waals surface area (Å²) >= 11 is 0. The van der Waals surface area contributed by atoms with Crippen LogP contribution in [0, 0.1) is 0 Å². The van der Waals surface area contributed by atoms with Crippen LogP contribution >= 0.6 is 7.82 Å². The first-order chi connectivity index (χ1) is 21.0. The molecule has 0 radical (unpaired) electrons. The van der Waals surface area contributed by atoms with Gasteiger partial charge >= 0.3 is 7.82 Å². The molecule has 3 aromatic heterocycles. The molecule has 2 unspecified atom stereocenters. The van der Waals surface area contributed by atoms with Crippen molar-refractivity contribution in [3.05, 3.63) is 67.1 Å². The van der Waals surface area contributed by atoms with Gasteiger partial charge in [0.1, 0.15) is 17.6 Å². The van der Waals surface area contributed by atoms with Crippen LogP contribution in [0.3, 0.4) is 0 Å². The Balaban J connectivity index is 1.83. The summed E-state index contributed by atoms with van der Waals surface area (Å²) in [6.07, 6.45) is 7.61. The van der Waals surface area contributed by atoms with Crippen LogP contribution in [0.15, 0.2) is 67.1 Å². The number of carbonyl (C=O) groups is 1. The van der Waals surface area contributed by atoms with Gasteiger partial charge < -0.3 is 28.7 Å². The van der Waals surface area contributed by atoms with E-state index in [1.807, 2.05) is 49.3 Å². The fraction of sp³-hybridized carbons (Fsp3) is 0.323. The van der Waals surface area contributed by atoms with E-state index in [0.717, 1.165) is 27.6 Å². The lowest BCUT2D eigenvalue weighted by Gasteiger charge is -2.19. The molecule has 0 spiro atoms. The van der Waals surface area contributed by atoms with E-state index in [1.165, 1.54) is 7.11 Å². The lowest BCUT2D eigenvalue weighted by Crippen LogP contribution is -2.24. The highest BCUT2D eigenvalue weighted by molar-refractivity contribution is 7.47. The van der Waals surface area contributed by atoms with Crippen molar-refractivity contribution in [2.24, 2.45) is 0 Å². The molecule has 0 aliphatic heterocycles. The van der Waals surface area contributed by atoms with Gasteiger partial charge in [-0.25, -0.2) is 14.5 Å². The Bertz CT molecular complexity index is 1700. The average Bonchev–Trinajstić information content (AvgIpc) is 3.39. The third-order valence-corrected chi connectivity index (χ3v) is 7.96. The zero-order valence-electron chi connectivity index (χ0n) is 25.9. The van der Waals surface area contributed by atoms with Crippen molar-refractivity contribution in [1.29, 1.82) is 0 Å². The molecule has 0 aliphatic rings. The van der Waals surface area contributed by atoms with E-state index < -0.39 is 14.1 Å². The van der Waals surface area contributed by atoms with Crippen LogP contribution in [0.1, 0.15) is 20.1 Å². The average molecular weight is 624 g/mol. The smallest absolute Gasteiger partial charge is 0.474 e. The van der Waals surface area contributed by atoms with Crippen LogP contribution in [-0.2, 0) is 18.4 Å². The molecule has 44 heavy (non-hydrogen) atoms. The van der Waals surface area contributed by atoms with Crippen LogP contribution in [-0.4, -0.2) is 78.7 Å². The highest BCUT2D eigenvalue weighted by Crippen LogP contribution is 2.47. The number of carbonyl (C=O) groups excluding carboxylic acids is 1. The summed E-state index contributed by atoms with van der Waals surface area (Å²) in [6, 6.07) is 11.2. The van der Waals surface area contributed by atoms with E-state index in [9.17, 15) is 14.3 Å². The number of hydrogen-bond donors (Lipinski definition) is 1. The second kappa shape index (κ2) is 14.1. The van der Waals surface area contributed by atoms with Crippen molar-refractivity contribution < 1.29 is 32.8 Å². The Hall–Kier alpha value is -4.06. The Kier molecular flexibility index (Phi) is 10.6. The van der Waals surface area contributed by atoms with Gasteiger partial charge in [-0.3, -0.25) is 13.8 Å². The molecule has 2 atom stereocenters. The molecular formula is C31H38N5O7P. The Labute approximate surface area is 257 Å². The fourth-order valence-electron chi connectivity index (χ4n) is 4.59. The van der Waals surface area contributed by atoms with E-state index >= 15 is 0 Å². The maximum absolute atomic E-state index is 12.9. The molecule has 0 fully saturated rings. The van der Waals surface area contributed by atoms with Gasteiger partial charge in [-0.1, -0.05) is 6.08 Å². The molecule has 4 rings (SSSR count). The van der Waals surface area contributed by atoms with Gasteiger partial charge in [0.2, 0.25) is 11.8 Å². The minimum absolute atomic E-state index is 0.0201. The summed E-state index contributed by atoms with van der Waals surface area (Å²) in [4.78, 5) is 35.5. The monoisotopic (exact) mass is 623 g/mol. The third-order valence-electron chi connectivity index (χ3n) is 6.80. The molecule has 3 heterocycles. The first kappa shape index (κ1) is 32.8. The van der Waals surface area contributed by atoms with Crippen molar-refractivity contribution >= 4 is 30.5 Å². The van der Waals surface area contributed by atoms with Crippen LogP contribution in [0.25, 0.3) is 33.3 Å². The third kappa shape index (κ3) is 7.71. The summed E-state index contributed by atoms with van der Waals surface area (Å²) in [7, 11) is 4.38. The summed E-state index contributed by atoms with van der Waals surface area (Å²) in [6.45, 7) is 3.92. The number of benzene rings is 1. The summed E-state index contributed by atoms with van der Waals surface area (Å²) in [5.74, 6) is 0.827. The number of pyridine rings is 2. The molecule has 1 amide bonds. The van der Waals surface area contributed by atoms with Gasteiger partial charge in [0.25, 0.3) is 0 Å². The SMILES string of the molecule is CCOP(=O)(O)OC(C)n1cc(-c2ccnc(OC)c2)c2cc(-c3cc(OC)cc(N(C)C(=O)C=CCN(C)C)c3)cnc21. The molecule has 1 aromatic carbocycles. The summed E-state index contributed by atoms with van der Waals surface area (Å²) in [5.41, 5.74) is 4.27. The van der Waals surface area contributed by atoms with Gasteiger partial charge in [0.05, 0.1) is 20.8 Å². The van der Waals surface area contributed by atoms with Gasteiger partial charge in [0.15, 0.2) is 0 Å². The van der Waals surface area contributed by atoms with E-state index in [2.05, 4.69) is 4.98 Å². The zero-order chi connectivity index (χ0) is 32.0. The van der Waals surface area contributed by atoms with Crippen molar-refractivity contribution in [3.8, 4) is 33.9 Å². The van der Waals surface area contributed by atoms with Crippen LogP contribution in [0.5, 0.6) is 11.6 Å². The molecule has 13 heteroatoms. The maximum atomic E-state index is 12.9. The van der Waals surface area contributed by atoms with Crippen molar-refractivity contribution in [2.75, 3.05) is 53.4 Å². The van der Waals surface area contributed by atoms with Crippen LogP contribution in [0.2, 0.25) is 0 Å². The zero-order valence-corrected chi connectivity index (χ0v) is 26.8. The van der Waals surface area contributed by atoms with Gasteiger partial charge in [-0.15, -0.1) is 0 Å². The Morgan fingerprint density at radius 3 is 2.52 bits per heavy atom. The van der Waals surface area contributed by atoms with Gasteiger partial charge in [0, 0.05) is 72.6 Å². The molecule has 0 saturated carbocycles. The highest BCUT2D eigenvalue weighted by Gasteiger charge is 2.27. The predicted molar refractivity (Wildman–Crippen MR) is 170 cm³/mol. The Morgan fingerprint density at radius 2 is 1.84 bits per heavy atom. The number of hydrogen-bond acceptors (Lipinski definition) is 9. The van der Waals surface area contributed by atoms with E-state index in [4.69, 9.17) is 23.5 Å². The summed E-state index contributed by atoms with van der Waals surface area (Å²) < 4.78 is 35.4. The number of aromatic nitrogens is 3. The van der Waals surface area contributed by atoms with Crippen molar-refractivity contribution in [1.82, 2.24) is 19.4 Å². The number of phosphoric ester groups is 1. The van der Waals surface area contributed by atoms with Crippen molar-refractivity contribution in [3.63, 3.8) is 0 Å². The van der Waals surface area contributed by atoms with E-state index in [0.29, 0.717) is 29.5 Å². The quantitative estimate of drug-likeness (QED) is 0.150. The first-order valence-corrected chi connectivity index (χ1v) is 15.4. The number of nitrogens with zero attached hydrogens (tertiary/aromatic N) is 5. The molecule has 0 bridgehead atoms. The first-order valence-electron chi connectivity index (χ1n) is 13.9. The van der Waals surface area contributed by atoms with Gasteiger partial charge in [-0.05, 0) is 63.3 Å². The maximum Gasteiger partial charge on any atom is 0.474 e. The topological polar surface area (TPSA) is 128 Å². The van der Waals surface area contributed by atoms with Crippen LogP contribution in [0.4, 0.5) is 5.69 Å². The Morgan fingerprint density at radius 1 is 1.07 bits per heavy atom. The second-order valence-electron chi connectivity index (χ2n) is 10.2. The number of ether oxygens (including phenoxy) is 2. The van der Waals surface area contributed by atoms with Gasteiger partial charge in [-0.2, -0.15) is 0 Å². The normalized spacial score (nSPS) is 13.8. The minimum atomic E-state index is -4.30. The van der Waals surface area contributed by atoms with Crippen molar-refractivity contribution in [2.45, 2.75) is 20.1 Å². The number of anilines is 1. The molecular weight excluding hydrogens is 585 g/mol. The number of fused-ring (bicyclic) bond motifs is 1. The van der Waals surface area contributed by atoms with Crippen LogP contribution < -0.4 is 14.4 Å². The molecule has 1 N–H and O–H groups in total. The number of phosphoric acid groups is 1. The number of rotatable bonds is 13.